The number of benzene rings is 2. The van der Waals surface area contributed by atoms with Crippen molar-refractivity contribution in [1.29, 1.82) is 0 Å². The van der Waals surface area contributed by atoms with E-state index in [0.717, 1.165) is 22.7 Å². The number of anilines is 3. The molecule has 0 aliphatic rings. The molecule has 0 saturated heterocycles. The van der Waals surface area contributed by atoms with Gasteiger partial charge < -0.3 is 20.7 Å². The average Bonchev–Trinajstić information content (AvgIpc) is 2.69. The first-order valence-electron chi connectivity index (χ1n) is 9.46. The predicted molar refractivity (Wildman–Crippen MR) is 118 cm³/mol. The molecule has 0 unspecified atom stereocenters. The first-order chi connectivity index (χ1) is 13.9. The molecule has 0 atom stereocenters. The Morgan fingerprint density at radius 1 is 1.10 bits per heavy atom. The number of nitrogen functional groups attached to an aromatic ring is 1. The molecule has 2 aromatic carbocycles. The molecule has 3 N–H and O–H groups in total. The summed E-state index contributed by atoms with van der Waals surface area (Å²) in [5, 5.41) is 2.94. The summed E-state index contributed by atoms with van der Waals surface area (Å²) in [6.45, 7) is 2.51. The molecule has 1 amide bonds. The van der Waals surface area contributed by atoms with Gasteiger partial charge >= 0.3 is 0 Å². The second kappa shape index (κ2) is 9.10. The van der Waals surface area contributed by atoms with Gasteiger partial charge in [-0.25, -0.2) is 4.98 Å². The van der Waals surface area contributed by atoms with Gasteiger partial charge in [-0.15, -0.1) is 0 Å². The lowest BCUT2D eigenvalue weighted by atomic mass is 10.1. The fourth-order valence-electron chi connectivity index (χ4n) is 2.95. The van der Waals surface area contributed by atoms with Gasteiger partial charge in [0.15, 0.2) is 0 Å². The summed E-state index contributed by atoms with van der Waals surface area (Å²) in [4.78, 5) is 18.9. The van der Waals surface area contributed by atoms with E-state index in [2.05, 4.69) is 10.3 Å². The fraction of sp³-hybridized carbons (Fsp3) is 0.217. The van der Waals surface area contributed by atoms with E-state index in [-0.39, 0.29) is 5.91 Å². The molecule has 29 heavy (non-hydrogen) atoms. The molecule has 1 aromatic heterocycles. The molecule has 0 spiro atoms. The van der Waals surface area contributed by atoms with Crippen LogP contribution in [0.4, 0.5) is 17.2 Å². The monoisotopic (exact) mass is 390 g/mol. The van der Waals surface area contributed by atoms with E-state index in [4.69, 9.17) is 10.5 Å². The van der Waals surface area contributed by atoms with Crippen LogP contribution in [-0.2, 0) is 6.42 Å². The van der Waals surface area contributed by atoms with Gasteiger partial charge in [-0.1, -0.05) is 12.1 Å². The molecule has 3 rings (SSSR count). The van der Waals surface area contributed by atoms with E-state index in [0.29, 0.717) is 30.1 Å². The molecule has 6 heteroatoms. The number of ether oxygens (including phenoxy) is 1. The Bertz CT molecular complexity index is 984. The maximum Gasteiger partial charge on any atom is 0.257 e. The molecular formula is C23H26N4O2. The van der Waals surface area contributed by atoms with E-state index in [9.17, 15) is 4.79 Å². The number of aromatic nitrogens is 1. The van der Waals surface area contributed by atoms with E-state index in [1.165, 1.54) is 0 Å². The number of rotatable bonds is 7. The summed E-state index contributed by atoms with van der Waals surface area (Å²) < 4.78 is 5.76. The number of nitrogens with one attached hydrogen (secondary N) is 1. The fourth-order valence-corrected chi connectivity index (χ4v) is 2.95. The Hall–Kier alpha value is -3.54. The number of amides is 1. The topological polar surface area (TPSA) is 80.5 Å². The molecule has 0 fully saturated rings. The SMILES string of the molecule is Cc1ccc(C(=O)Nc2ccc(OCCc3cccc(N)n3)cc2)c(N(C)C)c1. The highest BCUT2D eigenvalue weighted by molar-refractivity contribution is 6.08. The lowest BCUT2D eigenvalue weighted by Crippen LogP contribution is -2.18. The lowest BCUT2D eigenvalue weighted by Gasteiger charge is -2.18. The smallest absolute Gasteiger partial charge is 0.257 e. The number of hydrogen-bond acceptors (Lipinski definition) is 5. The summed E-state index contributed by atoms with van der Waals surface area (Å²) in [5.74, 6) is 1.10. The summed E-state index contributed by atoms with van der Waals surface area (Å²) in [6, 6.07) is 18.7. The van der Waals surface area contributed by atoms with Gasteiger partial charge in [0, 0.05) is 37.6 Å². The molecule has 6 nitrogen and oxygen atoms in total. The van der Waals surface area contributed by atoms with Gasteiger partial charge in [-0.3, -0.25) is 4.79 Å². The van der Waals surface area contributed by atoms with Crippen molar-refractivity contribution in [3.63, 3.8) is 0 Å². The van der Waals surface area contributed by atoms with Crippen molar-refractivity contribution >= 4 is 23.1 Å². The standard InChI is InChI=1S/C23H26N4O2/c1-16-7-12-20(21(15-16)27(2)3)23(28)26-18-8-10-19(11-9-18)29-14-13-17-5-4-6-22(24)25-17/h4-12,15H,13-14H2,1-3H3,(H2,24,25)(H,26,28). The van der Waals surface area contributed by atoms with Gasteiger partial charge in [0.2, 0.25) is 0 Å². The number of nitrogens with zero attached hydrogens (tertiary/aromatic N) is 2. The minimum atomic E-state index is -0.143. The van der Waals surface area contributed by atoms with Crippen molar-refractivity contribution in [2.45, 2.75) is 13.3 Å². The number of hydrogen-bond donors (Lipinski definition) is 2. The minimum Gasteiger partial charge on any atom is -0.493 e. The Morgan fingerprint density at radius 3 is 2.55 bits per heavy atom. The molecule has 150 valence electrons. The van der Waals surface area contributed by atoms with Crippen LogP contribution in [0.1, 0.15) is 21.6 Å². The highest BCUT2D eigenvalue weighted by Gasteiger charge is 2.13. The Kier molecular flexibility index (Phi) is 6.34. The normalized spacial score (nSPS) is 10.4. The Balaban J connectivity index is 1.58. The number of aryl methyl sites for hydroxylation is 1. The summed E-state index contributed by atoms with van der Waals surface area (Å²) >= 11 is 0. The predicted octanol–water partition coefficient (Wildman–Crippen LogP) is 3.91. The zero-order valence-corrected chi connectivity index (χ0v) is 17.0. The maximum atomic E-state index is 12.7. The summed E-state index contributed by atoms with van der Waals surface area (Å²) in [6.07, 6.45) is 0.671. The Morgan fingerprint density at radius 2 is 1.86 bits per heavy atom. The van der Waals surface area contributed by atoms with Gasteiger partial charge in [-0.2, -0.15) is 0 Å². The third-order valence-corrected chi connectivity index (χ3v) is 4.45. The van der Waals surface area contributed by atoms with Crippen LogP contribution >= 0.6 is 0 Å². The van der Waals surface area contributed by atoms with Crippen LogP contribution in [0.5, 0.6) is 5.75 Å². The van der Waals surface area contributed by atoms with E-state index < -0.39 is 0 Å². The summed E-state index contributed by atoms with van der Waals surface area (Å²) in [7, 11) is 3.86. The highest BCUT2D eigenvalue weighted by atomic mass is 16.5. The first-order valence-corrected chi connectivity index (χ1v) is 9.46. The van der Waals surface area contributed by atoms with E-state index in [1.54, 1.807) is 6.07 Å². The van der Waals surface area contributed by atoms with E-state index >= 15 is 0 Å². The van der Waals surface area contributed by atoms with Crippen molar-refractivity contribution in [3.05, 3.63) is 77.5 Å². The van der Waals surface area contributed by atoms with Gasteiger partial charge in [0.05, 0.1) is 12.2 Å². The van der Waals surface area contributed by atoms with Crippen LogP contribution < -0.4 is 20.7 Å². The average molecular weight is 390 g/mol. The van der Waals surface area contributed by atoms with Gasteiger partial charge in [0.1, 0.15) is 11.6 Å². The van der Waals surface area contributed by atoms with Crippen LogP contribution in [0.3, 0.4) is 0 Å². The van der Waals surface area contributed by atoms with Crippen molar-refractivity contribution in [2.75, 3.05) is 36.7 Å². The highest BCUT2D eigenvalue weighted by Crippen LogP contribution is 2.22. The van der Waals surface area contributed by atoms with Crippen molar-refractivity contribution < 1.29 is 9.53 Å². The second-order valence-corrected chi connectivity index (χ2v) is 7.05. The third-order valence-electron chi connectivity index (χ3n) is 4.45. The number of pyridine rings is 1. The van der Waals surface area contributed by atoms with Crippen LogP contribution in [0.25, 0.3) is 0 Å². The second-order valence-electron chi connectivity index (χ2n) is 7.05. The number of carbonyl (C=O) groups is 1. The van der Waals surface area contributed by atoms with Gasteiger partial charge in [0.25, 0.3) is 5.91 Å². The molecule has 0 saturated carbocycles. The summed E-state index contributed by atoms with van der Waals surface area (Å²) in [5.41, 5.74) is 9.92. The quantitative estimate of drug-likeness (QED) is 0.639. The van der Waals surface area contributed by atoms with E-state index in [1.807, 2.05) is 80.5 Å². The number of nitrogens with two attached hydrogens (primary N) is 1. The zero-order valence-electron chi connectivity index (χ0n) is 17.0. The molecule has 1 heterocycles. The molecule has 0 aliphatic carbocycles. The minimum absolute atomic E-state index is 0.143. The maximum absolute atomic E-state index is 12.7. The third kappa shape index (κ3) is 5.48. The van der Waals surface area contributed by atoms with Gasteiger partial charge in [-0.05, 0) is 61.0 Å². The molecule has 3 aromatic rings. The first kappa shape index (κ1) is 20.2. The molecular weight excluding hydrogens is 364 g/mol. The van der Waals surface area contributed by atoms with Crippen LogP contribution in [-0.4, -0.2) is 31.6 Å². The van der Waals surface area contributed by atoms with Crippen LogP contribution in [0.15, 0.2) is 60.7 Å². The van der Waals surface area contributed by atoms with Crippen molar-refractivity contribution in [3.8, 4) is 5.75 Å². The molecule has 0 bridgehead atoms. The number of carbonyl (C=O) groups excluding carboxylic acids is 1. The van der Waals surface area contributed by atoms with Crippen LogP contribution in [0.2, 0.25) is 0 Å². The molecule has 0 radical (unpaired) electrons. The van der Waals surface area contributed by atoms with Crippen molar-refractivity contribution in [2.24, 2.45) is 0 Å². The molecule has 0 aliphatic heterocycles. The largest absolute Gasteiger partial charge is 0.493 e. The lowest BCUT2D eigenvalue weighted by molar-refractivity contribution is 0.102. The Labute approximate surface area is 171 Å². The zero-order chi connectivity index (χ0) is 20.8. The van der Waals surface area contributed by atoms with Crippen molar-refractivity contribution in [1.82, 2.24) is 4.98 Å². The van der Waals surface area contributed by atoms with Crippen LogP contribution in [0, 0.1) is 6.92 Å².